The van der Waals surface area contributed by atoms with Gasteiger partial charge in [0.25, 0.3) is 5.91 Å². The topological polar surface area (TPSA) is 56.8 Å². The number of carbonyl (C=O) groups excluding carboxylic acids is 1. The molecule has 3 aromatic rings. The molecule has 1 amide bonds. The Bertz CT molecular complexity index is 992. The van der Waals surface area contributed by atoms with E-state index in [0.29, 0.717) is 35.1 Å². The standard InChI is InChI=1S/C24H25NO4S/c1-4-29-22-13-10-17(14-18(22)16-30-20-8-6-5-7-9-20)24(26)25-21-12-11-19(27-2)15-23(21)28-3/h5-15H,4,16H2,1-3H3,(H,25,26). The van der Waals surface area contributed by atoms with Crippen LogP contribution >= 0.6 is 11.8 Å². The van der Waals surface area contributed by atoms with Crippen LogP contribution in [-0.2, 0) is 5.75 Å². The van der Waals surface area contributed by atoms with Crippen LogP contribution in [0.15, 0.2) is 71.6 Å². The lowest BCUT2D eigenvalue weighted by Crippen LogP contribution is -2.13. The van der Waals surface area contributed by atoms with Crippen molar-refractivity contribution in [3.05, 3.63) is 77.9 Å². The molecule has 0 aliphatic rings. The Kier molecular flexibility index (Phi) is 7.63. The summed E-state index contributed by atoms with van der Waals surface area (Å²) in [5.41, 5.74) is 2.11. The minimum absolute atomic E-state index is 0.215. The number of nitrogens with one attached hydrogen (secondary N) is 1. The predicted molar refractivity (Wildman–Crippen MR) is 121 cm³/mol. The van der Waals surface area contributed by atoms with Crippen molar-refractivity contribution in [2.45, 2.75) is 17.6 Å². The van der Waals surface area contributed by atoms with E-state index in [1.54, 1.807) is 50.2 Å². The first kappa shape index (κ1) is 21.6. The number of thioether (sulfide) groups is 1. The molecule has 156 valence electrons. The Morgan fingerprint density at radius 1 is 0.933 bits per heavy atom. The van der Waals surface area contributed by atoms with Crippen LogP contribution < -0.4 is 19.5 Å². The molecular weight excluding hydrogens is 398 g/mol. The molecule has 0 unspecified atom stereocenters. The molecule has 0 bridgehead atoms. The van der Waals surface area contributed by atoms with Crippen molar-refractivity contribution in [3.8, 4) is 17.2 Å². The smallest absolute Gasteiger partial charge is 0.255 e. The molecule has 3 rings (SSSR count). The first-order chi connectivity index (χ1) is 14.6. The van der Waals surface area contributed by atoms with E-state index in [0.717, 1.165) is 16.2 Å². The van der Waals surface area contributed by atoms with Crippen LogP contribution in [0.3, 0.4) is 0 Å². The second-order valence-corrected chi connectivity index (χ2v) is 7.43. The van der Waals surface area contributed by atoms with Crippen LogP contribution in [0.2, 0.25) is 0 Å². The van der Waals surface area contributed by atoms with E-state index >= 15 is 0 Å². The minimum Gasteiger partial charge on any atom is -0.497 e. The van der Waals surface area contributed by atoms with Crippen molar-refractivity contribution in [2.24, 2.45) is 0 Å². The lowest BCUT2D eigenvalue weighted by molar-refractivity contribution is 0.102. The third-order valence-corrected chi connectivity index (χ3v) is 5.48. The zero-order valence-corrected chi connectivity index (χ0v) is 18.1. The molecule has 6 heteroatoms. The van der Waals surface area contributed by atoms with Gasteiger partial charge in [0.2, 0.25) is 0 Å². The summed E-state index contributed by atoms with van der Waals surface area (Å²) in [6.07, 6.45) is 0. The summed E-state index contributed by atoms with van der Waals surface area (Å²) in [6.45, 7) is 2.52. The number of ether oxygens (including phenoxy) is 3. The number of anilines is 1. The lowest BCUT2D eigenvalue weighted by Gasteiger charge is -2.14. The Morgan fingerprint density at radius 3 is 2.43 bits per heavy atom. The fraction of sp³-hybridized carbons (Fsp3) is 0.208. The number of benzene rings is 3. The highest BCUT2D eigenvalue weighted by molar-refractivity contribution is 7.98. The first-order valence-corrected chi connectivity index (χ1v) is 10.6. The number of hydrogen-bond acceptors (Lipinski definition) is 5. The summed E-state index contributed by atoms with van der Waals surface area (Å²) in [5, 5.41) is 2.91. The van der Waals surface area contributed by atoms with Gasteiger partial charge in [-0.05, 0) is 49.4 Å². The molecule has 0 radical (unpaired) electrons. The van der Waals surface area contributed by atoms with Gasteiger partial charge < -0.3 is 19.5 Å². The van der Waals surface area contributed by atoms with Crippen LogP contribution in [-0.4, -0.2) is 26.7 Å². The van der Waals surface area contributed by atoms with Gasteiger partial charge in [-0.3, -0.25) is 4.79 Å². The van der Waals surface area contributed by atoms with E-state index in [1.807, 2.05) is 37.3 Å². The molecule has 0 aliphatic heterocycles. The zero-order chi connectivity index (χ0) is 21.3. The molecule has 30 heavy (non-hydrogen) atoms. The number of rotatable bonds is 9. The Balaban J connectivity index is 1.80. The fourth-order valence-corrected chi connectivity index (χ4v) is 3.80. The molecule has 1 N–H and O–H groups in total. The summed E-state index contributed by atoms with van der Waals surface area (Å²) in [5.74, 6) is 2.47. The molecule has 0 heterocycles. The van der Waals surface area contributed by atoms with Gasteiger partial charge in [0.05, 0.1) is 26.5 Å². The summed E-state index contributed by atoms with van der Waals surface area (Å²) in [7, 11) is 3.14. The van der Waals surface area contributed by atoms with Crippen molar-refractivity contribution < 1.29 is 19.0 Å². The maximum atomic E-state index is 12.9. The summed E-state index contributed by atoms with van der Waals surface area (Å²) in [6, 6.07) is 20.9. The van der Waals surface area contributed by atoms with E-state index in [-0.39, 0.29) is 5.91 Å². The van der Waals surface area contributed by atoms with E-state index < -0.39 is 0 Å². The van der Waals surface area contributed by atoms with Crippen LogP contribution in [0.5, 0.6) is 17.2 Å². The van der Waals surface area contributed by atoms with Gasteiger partial charge in [0.1, 0.15) is 17.2 Å². The second kappa shape index (κ2) is 10.6. The quantitative estimate of drug-likeness (QED) is 0.451. The number of methoxy groups -OCH3 is 2. The molecule has 0 atom stereocenters. The average Bonchev–Trinajstić information content (AvgIpc) is 2.79. The van der Waals surface area contributed by atoms with Crippen molar-refractivity contribution in [2.75, 3.05) is 26.1 Å². The fourth-order valence-electron chi connectivity index (χ4n) is 2.90. The van der Waals surface area contributed by atoms with Crippen LogP contribution in [0.1, 0.15) is 22.8 Å². The van der Waals surface area contributed by atoms with Gasteiger partial charge in [-0.1, -0.05) is 18.2 Å². The van der Waals surface area contributed by atoms with Crippen LogP contribution in [0.4, 0.5) is 5.69 Å². The highest BCUT2D eigenvalue weighted by atomic mass is 32.2. The zero-order valence-electron chi connectivity index (χ0n) is 17.3. The number of carbonyl (C=O) groups is 1. The van der Waals surface area contributed by atoms with Gasteiger partial charge in [0, 0.05) is 27.8 Å². The van der Waals surface area contributed by atoms with Crippen molar-refractivity contribution >= 4 is 23.4 Å². The summed E-state index contributed by atoms with van der Waals surface area (Å²) < 4.78 is 16.3. The Hall–Kier alpha value is -3.12. The van der Waals surface area contributed by atoms with Crippen LogP contribution in [0.25, 0.3) is 0 Å². The maximum absolute atomic E-state index is 12.9. The Labute approximate surface area is 181 Å². The van der Waals surface area contributed by atoms with Gasteiger partial charge in [-0.15, -0.1) is 11.8 Å². The monoisotopic (exact) mass is 423 g/mol. The van der Waals surface area contributed by atoms with Crippen molar-refractivity contribution in [1.29, 1.82) is 0 Å². The third kappa shape index (κ3) is 5.48. The Morgan fingerprint density at radius 2 is 1.73 bits per heavy atom. The van der Waals surface area contributed by atoms with Crippen molar-refractivity contribution in [1.82, 2.24) is 0 Å². The predicted octanol–water partition coefficient (Wildman–Crippen LogP) is 5.65. The lowest BCUT2D eigenvalue weighted by atomic mass is 10.1. The normalized spacial score (nSPS) is 10.4. The molecule has 0 spiro atoms. The van der Waals surface area contributed by atoms with Crippen LogP contribution in [0, 0.1) is 0 Å². The number of amides is 1. The van der Waals surface area contributed by atoms with E-state index in [9.17, 15) is 4.79 Å². The molecule has 5 nitrogen and oxygen atoms in total. The SMILES string of the molecule is CCOc1ccc(C(=O)Nc2ccc(OC)cc2OC)cc1CSc1ccccc1. The van der Waals surface area contributed by atoms with Gasteiger partial charge in [0.15, 0.2) is 0 Å². The molecule has 0 saturated heterocycles. The first-order valence-electron chi connectivity index (χ1n) is 9.61. The number of hydrogen-bond donors (Lipinski definition) is 1. The molecule has 3 aromatic carbocycles. The molecule has 0 aliphatic carbocycles. The maximum Gasteiger partial charge on any atom is 0.255 e. The molecule has 0 saturated carbocycles. The van der Waals surface area contributed by atoms with E-state index in [1.165, 1.54) is 0 Å². The third-order valence-electron chi connectivity index (χ3n) is 4.42. The summed E-state index contributed by atoms with van der Waals surface area (Å²) in [4.78, 5) is 14.1. The highest BCUT2D eigenvalue weighted by Gasteiger charge is 2.14. The molecular formula is C24H25NO4S. The largest absolute Gasteiger partial charge is 0.497 e. The summed E-state index contributed by atoms with van der Waals surface area (Å²) >= 11 is 1.70. The highest BCUT2D eigenvalue weighted by Crippen LogP contribution is 2.31. The average molecular weight is 424 g/mol. The second-order valence-electron chi connectivity index (χ2n) is 6.38. The van der Waals surface area contributed by atoms with Crippen molar-refractivity contribution in [3.63, 3.8) is 0 Å². The van der Waals surface area contributed by atoms with E-state index in [2.05, 4.69) is 17.4 Å². The van der Waals surface area contributed by atoms with Gasteiger partial charge >= 0.3 is 0 Å². The van der Waals surface area contributed by atoms with E-state index in [4.69, 9.17) is 14.2 Å². The molecule has 0 aromatic heterocycles. The van der Waals surface area contributed by atoms with Gasteiger partial charge in [-0.2, -0.15) is 0 Å². The van der Waals surface area contributed by atoms with Gasteiger partial charge in [-0.25, -0.2) is 0 Å². The molecule has 0 fully saturated rings. The minimum atomic E-state index is -0.215.